The van der Waals surface area contributed by atoms with Gasteiger partial charge in [0.2, 0.25) is 10.7 Å². The summed E-state index contributed by atoms with van der Waals surface area (Å²) in [6, 6.07) is 3.44. The number of hydrogen-bond donors (Lipinski definition) is 0. The Labute approximate surface area is 128 Å². The van der Waals surface area contributed by atoms with Gasteiger partial charge in [-0.3, -0.25) is 9.59 Å². The molecule has 0 unspecified atom stereocenters. The molecule has 0 aliphatic carbocycles. The van der Waals surface area contributed by atoms with Gasteiger partial charge in [-0.05, 0) is 40.7 Å². The molecule has 1 aromatic carbocycles. The Bertz CT molecular complexity index is 557. The summed E-state index contributed by atoms with van der Waals surface area (Å²) in [7, 11) is 0. The number of quaternary nitrogens is 1. The van der Waals surface area contributed by atoms with Crippen LogP contribution in [0.25, 0.3) is 0 Å². The normalized spacial score (nSPS) is 11.3. The van der Waals surface area contributed by atoms with E-state index in [1.54, 1.807) is 6.92 Å². The van der Waals surface area contributed by atoms with E-state index < -0.39 is 27.1 Å². The van der Waals surface area contributed by atoms with Crippen molar-refractivity contribution in [3.05, 3.63) is 23.8 Å². The van der Waals surface area contributed by atoms with Gasteiger partial charge in [0.1, 0.15) is 0 Å². The molecule has 0 fully saturated rings. The molecule has 116 valence electrons. The van der Waals surface area contributed by atoms with Gasteiger partial charge in [-0.25, -0.2) is 0 Å². The zero-order valence-corrected chi connectivity index (χ0v) is 12.8. The van der Waals surface area contributed by atoms with Crippen molar-refractivity contribution >= 4 is 40.2 Å². The van der Waals surface area contributed by atoms with Crippen LogP contribution in [0.5, 0.6) is 0 Å². The van der Waals surface area contributed by atoms with Crippen molar-refractivity contribution in [2.24, 2.45) is 0 Å². The maximum absolute atomic E-state index is 13.8. The number of halogens is 4. The molecule has 9 heteroatoms. The summed E-state index contributed by atoms with van der Waals surface area (Å²) >= 11 is 6.07. The Kier molecular flexibility index (Phi) is 6.06. The molecule has 21 heavy (non-hydrogen) atoms. The van der Waals surface area contributed by atoms with Crippen LogP contribution < -0.4 is 5.04 Å². The highest BCUT2D eigenvalue weighted by Gasteiger charge is 2.50. The first-order valence-corrected chi connectivity index (χ1v) is 7.30. The molecule has 0 saturated heterocycles. The molecular weight excluding hydrogens is 329 g/mol. The highest BCUT2D eigenvalue weighted by molar-refractivity contribution is 7.99. The lowest BCUT2D eigenvalue weighted by Crippen LogP contribution is -2.49. The predicted molar refractivity (Wildman–Crippen MR) is 75.0 cm³/mol. The van der Waals surface area contributed by atoms with Crippen LogP contribution >= 0.6 is 23.4 Å². The number of carbonyl (C=O) groups excluding carboxylic acids is 2. The van der Waals surface area contributed by atoms with E-state index in [4.69, 9.17) is 11.6 Å². The fourth-order valence-corrected chi connectivity index (χ4v) is 2.41. The Hall–Kier alpha value is -1.25. The van der Waals surface area contributed by atoms with E-state index in [1.165, 1.54) is 17.8 Å². The van der Waals surface area contributed by atoms with E-state index in [1.807, 2.05) is 6.92 Å². The topological polar surface area (TPSA) is 37.4 Å². The van der Waals surface area contributed by atoms with Crippen LogP contribution in [0.4, 0.5) is 19.1 Å². The van der Waals surface area contributed by atoms with Crippen LogP contribution in [0.15, 0.2) is 23.1 Å². The van der Waals surface area contributed by atoms with Crippen molar-refractivity contribution < 1.29 is 23.0 Å². The second-order valence-electron chi connectivity index (χ2n) is 4.12. The summed E-state index contributed by atoms with van der Waals surface area (Å²) in [5, 5.41) is -6.87. The third-order valence-electron chi connectivity index (χ3n) is 2.50. The van der Waals surface area contributed by atoms with Gasteiger partial charge in [0.15, 0.2) is 0 Å². The van der Waals surface area contributed by atoms with Gasteiger partial charge >= 0.3 is 11.1 Å². The highest BCUT2D eigenvalue weighted by atomic mass is 35.5. The zero-order valence-electron chi connectivity index (χ0n) is 11.3. The van der Waals surface area contributed by atoms with Crippen LogP contribution in [0.2, 0.25) is 0 Å². The maximum Gasteiger partial charge on any atom is 0.394 e. The summed E-state index contributed by atoms with van der Waals surface area (Å²) in [5.41, 5.74) is -0.0321. The third kappa shape index (κ3) is 4.12. The van der Waals surface area contributed by atoms with Crippen LogP contribution in [0.3, 0.4) is 0 Å². The highest BCUT2D eigenvalue weighted by Crippen LogP contribution is 2.34. The van der Waals surface area contributed by atoms with E-state index in [2.05, 4.69) is 0 Å². The van der Waals surface area contributed by atoms with Gasteiger partial charge in [0.05, 0.1) is 14.2 Å². The first-order chi connectivity index (χ1) is 9.71. The lowest BCUT2D eigenvalue weighted by Gasteiger charge is -2.17. The van der Waals surface area contributed by atoms with Crippen molar-refractivity contribution in [2.45, 2.75) is 25.2 Å². The van der Waals surface area contributed by atoms with E-state index in [0.717, 1.165) is 24.1 Å². The van der Waals surface area contributed by atoms with Crippen molar-refractivity contribution in [2.75, 3.05) is 5.75 Å². The summed E-state index contributed by atoms with van der Waals surface area (Å²) in [6.45, 7) is 3.67. The van der Waals surface area contributed by atoms with E-state index >= 15 is 0 Å². The molecule has 0 atom stereocenters. The monoisotopic (exact) mass is 341 g/mol. The van der Waals surface area contributed by atoms with E-state index in [0.29, 0.717) is 10.6 Å². The van der Waals surface area contributed by atoms with Crippen LogP contribution in [0.1, 0.15) is 18.9 Å². The van der Waals surface area contributed by atoms with Gasteiger partial charge in [-0.15, -0.1) is 11.8 Å². The molecule has 0 heterocycles. The summed E-state index contributed by atoms with van der Waals surface area (Å²) in [4.78, 5) is 22.0. The number of benzene rings is 1. The zero-order chi connectivity index (χ0) is 16.2. The Morgan fingerprint density at radius 1 is 1.38 bits per heavy atom. The van der Waals surface area contributed by atoms with Crippen molar-refractivity contribution in [3.8, 4) is 0 Å². The maximum atomic E-state index is 13.8. The number of hydrogen-bond acceptors (Lipinski definition) is 3. The number of aryl methyl sites for hydroxylation is 1. The van der Waals surface area contributed by atoms with Crippen molar-refractivity contribution in [1.29, 1.82) is 0 Å². The Balaban J connectivity index is 3.13. The van der Waals surface area contributed by atoms with Crippen LogP contribution in [0, 0.1) is 6.92 Å². The summed E-state index contributed by atoms with van der Waals surface area (Å²) in [5.74, 6) is -1.42. The second-order valence-corrected chi connectivity index (χ2v) is 5.60. The number of carbonyl (C=O) groups is 2. The lowest BCUT2D eigenvalue weighted by molar-refractivity contribution is -0.333. The third-order valence-corrected chi connectivity index (χ3v) is 4.03. The molecule has 1 aromatic rings. The Morgan fingerprint density at radius 2 is 2.00 bits per heavy atom. The SMILES string of the molecule is CCCSc1cc([N+](F)(F)N(F)C(=O)C(=O)Cl)ccc1C. The number of amides is 1. The number of thioether (sulfide) groups is 1. The molecule has 1 amide bonds. The second kappa shape index (κ2) is 7.15. The molecule has 1 rings (SSSR count). The first kappa shape index (κ1) is 17.8. The molecule has 0 spiro atoms. The molecule has 0 bridgehead atoms. The van der Waals surface area contributed by atoms with Crippen molar-refractivity contribution in [3.63, 3.8) is 0 Å². The van der Waals surface area contributed by atoms with Crippen LogP contribution in [-0.2, 0) is 9.59 Å². The summed E-state index contributed by atoms with van der Waals surface area (Å²) in [6.07, 6.45) is 0.841. The molecule has 0 aliphatic rings. The number of nitrogens with zero attached hydrogens (tertiary/aromatic N) is 2. The summed E-state index contributed by atoms with van der Waals surface area (Å²) < 4.78 is 41.1. The van der Waals surface area contributed by atoms with E-state index in [9.17, 15) is 23.0 Å². The quantitative estimate of drug-likeness (QED) is 0.258. The predicted octanol–water partition coefficient (Wildman–Crippen LogP) is 3.97. The van der Waals surface area contributed by atoms with Gasteiger partial charge in [-0.2, -0.15) is 0 Å². The molecule has 0 aromatic heterocycles. The fraction of sp³-hybridized carbons (Fsp3) is 0.333. The molecule has 4 nitrogen and oxygen atoms in total. The minimum absolute atomic E-state index is 0.546. The van der Waals surface area contributed by atoms with Gasteiger partial charge in [-0.1, -0.05) is 13.0 Å². The largest absolute Gasteiger partial charge is 0.394 e. The smallest absolute Gasteiger partial charge is 0.270 e. The lowest BCUT2D eigenvalue weighted by atomic mass is 10.2. The molecule has 0 radical (unpaired) electrons. The number of rotatable bonds is 6. The molecule has 0 saturated carbocycles. The average Bonchev–Trinajstić information content (AvgIpc) is 2.44. The minimum atomic E-state index is -3.53. The van der Waals surface area contributed by atoms with E-state index in [-0.39, 0.29) is 0 Å². The van der Waals surface area contributed by atoms with Gasteiger partial charge in [0.25, 0.3) is 0 Å². The van der Waals surface area contributed by atoms with Gasteiger partial charge < -0.3 is 0 Å². The minimum Gasteiger partial charge on any atom is -0.270 e. The molecule has 0 aliphatic heterocycles. The average molecular weight is 342 g/mol. The van der Waals surface area contributed by atoms with Crippen molar-refractivity contribution in [1.82, 2.24) is 10.3 Å². The fourth-order valence-electron chi connectivity index (χ4n) is 1.41. The Morgan fingerprint density at radius 3 is 2.52 bits per heavy atom. The van der Waals surface area contributed by atoms with Gasteiger partial charge in [0, 0.05) is 17.0 Å². The first-order valence-electron chi connectivity index (χ1n) is 5.94. The van der Waals surface area contributed by atoms with Crippen LogP contribution in [-0.4, -0.2) is 22.1 Å². The molecular formula is C12H13ClF3N2O2S+. The molecule has 0 N–H and O–H groups in total. The standard InChI is InChI=1S/C12H13ClF3N2O2S/c1-3-6-21-10-7-9(5-4-8(10)2)18(15,16)17(14)12(20)11(13)19/h4-5,7H,3,6H2,1-2H3/q+1.